The van der Waals surface area contributed by atoms with E-state index in [4.69, 9.17) is 9.84 Å². The summed E-state index contributed by atoms with van der Waals surface area (Å²) in [6, 6.07) is 1.53. The van der Waals surface area contributed by atoms with Crippen molar-refractivity contribution in [2.45, 2.75) is 13.5 Å². The molecule has 1 N–H and O–H groups in total. The van der Waals surface area contributed by atoms with Crippen molar-refractivity contribution in [2.24, 2.45) is 0 Å². The number of aromatic nitrogens is 3. The number of ether oxygens (including phenoxy) is 1. The molecule has 6 heteroatoms. The predicted octanol–water partition coefficient (Wildman–Crippen LogP) is 1.08. The molecule has 0 aliphatic heterocycles. The van der Waals surface area contributed by atoms with Gasteiger partial charge in [-0.05, 0) is 13.0 Å². The lowest BCUT2D eigenvalue weighted by Crippen LogP contribution is -2.07. The molecule has 2 aromatic heterocycles. The maximum atomic E-state index is 10.8. The second-order valence-corrected chi connectivity index (χ2v) is 3.68. The molecule has 0 saturated heterocycles. The van der Waals surface area contributed by atoms with Crippen LogP contribution in [0.5, 0.6) is 0 Å². The summed E-state index contributed by atoms with van der Waals surface area (Å²) in [6.45, 7) is 3.07. The lowest BCUT2D eigenvalue weighted by atomic mass is 10.3. The minimum atomic E-state index is -0.997. The number of carboxylic acids is 1. The van der Waals surface area contributed by atoms with Gasteiger partial charge in [-0.25, -0.2) is 14.8 Å². The Kier molecular flexibility index (Phi) is 3.06. The summed E-state index contributed by atoms with van der Waals surface area (Å²) in [6.07, 6.45) is 1.34. The van der Waals surface area contributed by atoms with Crippen molar-refractivity contribution < 1.29 is 14.6 Å². The smallest absolute Gasteiger partial charge is 0.337 e. The van der Waals surface area contributed by atoms with Crippen molar-refractivity contribution in [1.82, 2.24) is 14.5 Å². The maximum Gasteiger partial charge on any atom is 0.337 e. The van der Waals surface area contributed by atoms with Gasteiger partial charge >= 0.3 is 5.97 Å². The number of rotatable bonds is 4. The van der Waals surface area contributed by atoms with E-state index in [-0.39, 0.29) is 5.56 Å². The lowest BCUT2D eigenvalue weighted by Gasteiger charge is -2.04. The molecule has 0 amide bonds. The van der Waals surface area contributed by atoms with Crippen molar-refractivity contribution in [3.63, 3.8) is 0 Å². The van der Waals surface area contributed by atoms with Crippen LogP contribution in [-0.2, 0) is 11.3 Å². The van der Waals surface area contributed by atoms with Gasteiger partial charge in [0.2, 0.25) is 0 Å². The fourth-order valence-electron chi connectivity index (χ4n) is 1.69. The predicted molar refractivity (Wildman–Crippen MR) is 61.1 cm³/mol. The van der Waals surface area contributed by atoms with E-state index in [1.54, 1.807) is 7.11 Å². The third-order valence-electron chi connectivity index (χ3n) is 2.54. The fourth-order valence-corrected chi connectivity index (χ4v) is 1.69. The molecule has 0 bridgehead atoms. The summed E-state index contributed by atoms with van der Waals surface area (Å²) >= 11 is 0. The van der Waals surface area contributed by atoms with Crippen LogP contribution in [0.25, 0.3) is 11.2 Å². The van der Waals surface area contributed by atoms with Gasteiger partial charge in [-0.15, -0.1) is 0 Å². The molecule has 90 valence electrons. The van der Waals surface area contributed by atoms with Crippen LogP contribution in [0.15, 0.2) is 12.3 Å². The van der Waals surface area contributed by atoms with Gasteiger partial charge in [0, 0.05) is 19.9 Å². The molecule has 0 saturated carbocycles. The number of fused-ring (bicyclic) bond motifs is 1. The first kappa shape index (κ1) is 11.5. The first-order valence-electron chi connectivity index (χ1n) is 5.18. The monoisotopic (exact) mass is 235 g/mol. The Hall–Kier alpha value is -1.95. The number of nitrogens with zero attached hydrogens (tertiary/aromatic N) is 3. The molecule has 0 aliphatic carbocycles. The number of pyridine rings is 1. The van der Waals surface area contributed by atoms with E-state index in [9.17, 15) is 4.79 Å². The molecule has 0 spiro atoms. The van der Waals surface area contributed by atoms with E-state index in [1.807, 2.05) is 11.5 Å². The number of hydrogen-bond acceptors (Lipinski definition) is 4. The summed E-state index contributed by atoms with van der Waals surface area (Å²) in [5.41, 5.74) is 1.43. The van der Waals surface area contributed by atoms with E-state index in [1.165, 1.54) is 12.3 Å². The van der Waals surface area contributed by atoms with Crippen LogP contribution in [0.2, 0.25) is 0 Å². The summed E-state index contributed by atoms with van der Waals surface area (Å²) < 4.78 is 6.92. The summed E-state index contributed by atoms with van der Waals surface area (Å²) in [4.78, 5) is 19.2. The average molecular weight is 235 g/mol. The van der Waals surface area contributed by atoms with Gasteiger partial charge in [-0.3, -0.25) is 0 Å². The Balaban J connectivity index is 2.48. The third-order valence-corrected chi connectivity index (χ3v) is 2.54. The zero-order chi connectivity index (χ0) is 12.4. The van der Waals surface area contributed by atoms with Crippen LogP contribution in [0.1, 0.15) is 16.2 Å². The van der Waals surface area contributed by atoms with Crippen LogP contribution >= 0.6 is 0 Å². The Morgan fingerprint density at radius 2 is 2.35 bits per heavy atom. The van der Waals surface area contributed by atoms with Crippen LogP contribution in [-0.4, -0.2) is 39.3 Å². The zero-order valence-electron chi connectivity index (χ0n) is 9.67. The molecule has 0 unspecified atom stereocenters. The number of imidazole rings is 1. The number of aromatic carboxylic acids is 1. The molecule has 0 aliphatic rings. The van der Waals surface area contributed by atoms with E-state index in [2.05, 4.69) is 9.97 Å². The Labute approximate surface area is 97.9 Å². The van der Waals surface area contributed by atoms with Gasteiger partial charge in [-0.2, -0.15) is 0 Å². The van der Waals surface area contributed by atoms with Gasteiger partial charge in [0.15, 0.2) is 5.65 Å². The Morgan fingerprint density at radius 1 is 1.59 bits per heavy atom. The zero-order valence-corrected chi connectivity index (χ0v) is 9.67. The molecular weight excluding hydrogens is 222 g/mol. The van der Waals surface area contributed by atoms with Crippen molar-refractivity contribution in [3.8, 4) is 0 Å². The second kappa shape index (κ2) is 4.50. The second-order valence-electron chi connectivity index (χ2n) is 3.68. The van der Waals surface area contributed by atoms with Gasteiger partial charge in [0.05, 0.1) is 12.2 Å². The van der Waals surface area contributed by atoms with Crippen LogP contribution in [0, 0.1) is 6.92 Å². The standard InChI is InChI=1S/C11H13N3O3/c1-7-13-9-5-8(11(15)16)6-12-10(9)14(7)3-4-17-2/h5-6H,3-4H2,1-2H3,(H,15,16). The van der Waals surface area contributed by atoms with E-state index in [0.29, 0.717) is 24.3 Å². The largest absolute Gasteiger partial charge is 0.478 e. The third kappa shape index (κ3) is 2.12. The molecular formula is C11H13N3O3. The quantitative estimate of drug-likeness (QED) is 0.858. The van der Waals surface area contributed by atoms with Gasteiger partial charge in [0.1, 0.15) is 11.3 Å². The minimum Gasteiger partial charge on any atom is -0.478 e. The van der Waals surface area contributed by atoms with Crippen LogP contribution in [0.4, 0.5) is 0 Å². The van der Waals surface area contributed by atoms with Crippen molar-refractivity contribution >= 4 is 17.1 Å². The van der Waals surface area contributed by atoms with E-state index in [0.717, 1.165) is 5.82 Å². The number of carbonyl (C=O) groups is 1. The average Bonchev–Trinajstić information content (AvgIpc) is 2.61. The summed E-state index contributed by atoms with van der Waals surface area (Å²) in [5.74, 6) is -0.199. The Morgan fingerprint density at radius 3 is 3.00 bits per heavy atom. The minimum absolute atomic E-state index is 0.147. The molecule has 2 heterocycles. The van der Waals surface area contributed by atoms with Crippen molar-refractivity contribution in [3.05, 3.63) is 23.7 Å². The molecule has 0 atom stereocenters. The fraction of sp³-hybridized carbons (Fsp3) is 0.364. The highest BCUT2D eigenvalue weighted by Crippen LogP contribution is 2.15. The lowest BCUT2D eigenvalue weighted by molar-refractivity contribution is 0.0696. The summed E-state index contributed by atoms with van der Waals surface area (Å²) in [5, 5.41) is 8.87. The molecule has 6 nitrogen and oxygen atoms in total. The van der Waals surface area contributed by atoms with Gasteiger partial charge in [-0.1, -0.05) is 0 Å². The molecule has 17 heavy (non-hydrogen) atoms. The molecule has 2 aromatic rings. The van der Waals surface area contributed by atoms with Crippen molar-refractivity contribution in [2.75, 3.05) is 13.7 Å². The highest BCUT2D eigenvalue weighted by molar-refractivity contribution is 5.90. The van der Waals surface area contributed by atoms with Crippen molar-refractivity contribution in [1.29, 1.82) is 0 Å². The number of methoxy groups -OCH3 is 1. The molecule has 0 radical (unpaired) electrons. The normalized spacial score (nSPS) is 10.9. The first-order chi connectivity index (χ1) is 8.13. The number of carboxylic acid groups (broad SMARTS) is 1. The number of aryl methyl sites for hydroxylation is 1. The molecule has 0 aromatic carbocycles. The van der Waals surface area contributed by atoms with Gasteiger partial charge < -0.3 is 14.4 Å². The highest BCUT2D eigenvalue weighted by atomic mass is 16.5. The topological polar surface area (TPSA) is 77.2 Å². The first-order valence-corrected chi connectivity index (χ1v) is 5.18. The molecule has 0 fully saturated rings. The van der Waals surface area contributed by atoms with E-state index < -0.39 is 5.97 Å². The Bertz CT molecular complexity index is 562. The van der Waals surface area contributed by atoms with Gasteiger partial charge in [0.25, 0.3) is 0 Å². The highest BCUT2D eigenvalue weighted by Gasteiger charge is 2.11. The molecule has 2 rings (SSSR count). The SMILES string of the molecule is COCCn1c(C)nc2cc(C(=O)O)cnc21. The summed E-state index contributed by atoms with van der Waals surface area (Å²) in [7, 11) is 1.63. The number of hydrogen-bond donors (Lipinski definition) is 1. The maximum absolute atomic E-state index is 10.8. The van der Waals surface area contributed by atoms with E-state index >= 15 is 0 Å². The van der Waals surface area contributed by atoms with Crippen LogP contribution < -0.4 is 0 Å². The van der Waals surface area contributed by atoms with Crippen LogP contribution in [0.3, 0.4) is 0 Å².